The summed E-state index contributed by atoms with van der Waals surface area (Å²) in [7, 11) is 0. The van der Waals surface area contributed by atoms with E-state index < -0.39 is 0 Å². The molecule has 0 unspecified atom stereocenters. The van der Waals surface area contributed by atoms with Crippen LogP contribution in [-0.4, -0.2) is 32.1 Å². The van der Waals surface area contributed by atoms with Gasteiger partial charge in [0.2, 0.25) is 5.91 Å². The molecular formula is C16H23FN2O2. The van der Waals surface area contributed by atoms with Gasteiger partial charge in [0.1, 0.15) is 11.6 Å². The summed E-state index contributed by atoms with van der Waals surface area (Å²) in [5.41, 5.74) is 0.193. The normalized spacial score (nSPS) is 17.2. The summed E-state index contributed by atoms with van der Waals surface area (Å²) in [5, 5.41) is 6.31. The summed E-state index contributed by atoms with van der Waals surface area (Å²) in [6.07, 6.45) is 2.48. The number of hydrogen-bond acceptors (Lipinski definition) is 3. The maximum Gasteiger partial charge on any atom is 0.223 e. The molecule has 1 aliphatic heterocycles. The van der Waals surface area contributed by atoms with E-state index in [2.05, 4.69) is 17.6 Å². The lowest BCUT2D eigenvalue weighted by Crippen LogP contribution is -2.43. The Morgan fingerprint density at radius 2 is 2.00 bits per heavy atom. The molecule has 1 aromatic rings. The number of hydrogen-bond donors (Lipinski definition) is 2. The predicted molar refractivity (Wildman–Crippen MR) is 79.7 cm³/mol. The fourth-order valence-electron chi connectivity index (χ4n) is 2.40. The second-order valence-corrected chi connectivity index (χ2v) is 5.89. The van der Waals surface area contributed by atoms with Crippen molar-refractivity contribution in [2.45, 2.75) is 26.2 Å². The van der Waals surface area contributed by atoms with E-state index in [1.165, 1.54) is 12.1 Å². The molecule has 4 nitrogen and oxygen atoms in total. The minimum absolute atomic E-state index is 0.00290. The predicted octanol–water partition coefficient (Wildman–Crippen LogP) is 2.10. The van der Waals surface area contributed by atoms with Gasteiger partial charge in [0.15, 0.2) is 0 Å². The van der Waals surface area contributed by atoms with Crippen molar-refractivity contribution in [1.82, 2.24) is 10.6 Å². The summed E-state index contributed by atoms with van der Waals surface area (Å²) < 4.78 is 18.1. The lowest BCUT2D eigenvalue weighted by Gasteiger charge is -2.34. The Kier molecular flexibility index (Phi) is 5.56. The molecule has 1 saturated heterocycles. The van der Waals surface area contributed by atoms with Crippen LogP contribution in [0.2, 0.25) is 0 Å². The van der Waals surface area contributed by atoms with Crippen molar-refractivity contribution in [3.8, 4) is 5.75 Å². The zero-order valence-corrected chi connectivity index (χ0v) is 12.5. The molecule has 2 N–H and O–H groups in total. The van der Waals surface area contributed by atoms with Gasteiger partial charge in [-0.2, -0.15) is 0 Å². The number of ether oxygens (including phenoxy) is 1. The molecule has 5 heteroatoms. The van der Waals surface area contributed by atoms with Gasteiger partial charge in [0, 0.05) is 6.54 Å². The number of piperidine rings is 1. The molecule has 0 bridgehead atoms. The van der Waals surface area contributed by atoms with Gasteiger partial charge in [-0.05, 0) is 55.6 Å². The first-order valence-corrected chi connectivity index (χ1v) is 7.43. The van der Waals surface area contributed by atoms with Crippen molar-refractivity contribution in [2.24, 2.45) is 5.41 Å². The van der Waals surface area contributed by atoms with E-state index in [1.54, 1.807) is 12.1 Å². The van der Waals surface area contributed by atoms with Crippen LogP contribution in [0.1, 0.15) is 26.2 Å². The lowest BCUT2D eigenvalue weighted by atomic mass is 9.81. The number of halogens is 1. The quantitative estimate of drug-likeness (QED) is 0.845. The van der Waals surface area contributed by atoms with Gasteiger partial charge in [-0.15, -0.1) is 0 Å². The fourth-order valence-corrected chi connectivity index (χ4v) is 2.40. The topological polar surface area (TPSA) is 50.4 Å². The number of nitrogens with one attached hydrogen (secondary N) is 2. The van der Waals surface area contributed by atoms with Gasteiger partial charge in [-0.25, -0.2) is 4.39 Å². The first kappa shape index (κ1) is 15.8. The van der Waals surface area contributed by atoms with Crippen LogP contribution in [0.15, 0.2) is 24.3 Å². The molecule has 1 fully saturated rings. The number of benzene rings is 1. The molecular weight excluding hydrogens is 271 g/mol. The molecule has 0 saturated carbocycles. The van der Waals surface area contributed by atoms with Crippen LogP contribution in [0.4, 0.5) is 4.39 Å². The Morgan fingerprint density at radius 1 is 1.33 bits per heavy atom. The summed E-state index contributed by atoms with van der Waals surface area (Å²) >= 11 is 0. The van der Waals surface area contributed by atoms with E-state index in [1.807, 2.05) is 0 Å². The lowest BCUT2D eigenvalue weighted by molar-refractivity contribution is -0.122. The summed E-state index contributed by atoms with van der Waals surface area (Å²) in [5.74, 6) is 0.279. The third-order valence-electron chi connectivity index (χ3n) is 3.93. The summed E-state index contributed by atoms with van der Waals surface area (Å²) in [6.45, 7) is 5.25. The second-order valence-electron chi connectivity index (χ2n) is 5.89. The van der Waals surface area contributed by atoms with Crippen LogP contribution in [0.3, 0.4) is 0 Å². The van der Waals surface area contributed by atoms with Gasteiger partial charge < -0.3 is 15.4 Å². The van der Waals surface area contributed by atoms with Crippen molar-refractivity contribution < 1.29 is 13.9 Å². The van der Waals surface area contributed by atoms with Crippen LogP contribution in [0, 0.1) is 11.2 Å². The highest BCUT2D eigenvalue weighted by molar-refractivity contribution is 5.76. The average Bonchev–Trinajstić information content (AvgIpc) is 2.48. The number of carbonyl (C=O) groups is 1. The first-order chi connectivity index (χ1) is 10.1. The molecule has 1 amide bonds. The molecule has 21 heavy (non-hydrogen) atoms. The third-order valence-corrected chi connectivity index (χ3v) is 3.93. The third kappa shape index (κ3) is 5.34. The standard InChI is InChI=1S/C16H23FN2O2/c1-16(7-9-18-10-8-16)12-19-15(20)6-11-21-14-4-2-13(17)3-5-14/h2-5,18H,6-12H2,1H3,(H,19,20). The summed E-state index contributed by atoms with van der Waals surface area (Å²) in [6, 6.07) is 5.80. The van der Waals surface area contributed by atoms with Gasteiger partial charge in [0.05, 0.1) is 13.0 Å². The Balaban J connectivity index is 1.64. The molecule has 2 rings (SSSR count). The Labute approximate surface area is 125 Å². The van der Waals surface area contributed by atoms with Gasteiger partial charge in [-0.3, -0.25) is 4.79 Å². The van der Waals surface area contributed by atoms with Crippen molar-refractivity contribution in [1.29, 1.82) is 0 Å². The van der Waals surface area contributed by atoms with Gasteiger partial charge in [0.25, 0.3) is 0 Å². The Bertz CT molecular complexity index is 456. The van der Waals surface area contributed by atoms with E-state index in [9.17, 15) is 9.18 Å². The minimum Gasteiger partial charge on any atom is -0.493 e. The zero-order chi connectivity index (χ0) is 15.1. The highest BCUT2D eigenvalue weighted by Crippen LogP contribution is 2.26. The Hall–Kier alpha value is -1.62. The highest BCUT2D eigenvalue weighted by Gasteiger charge is 2.26. The molecule has 0 aromatic heterocycles. The molecule has 116 valence electrons. The number of amides is 1. The van der Waals surface area contributed by atoms with Crippen LogP contribution in [-0.2, 0) is 4.79 Å². The van der Waals surface area contributed by atoms with Crippen LogP contribution >= 0.6 is 0 Å². The van der Waals surface area contributed by atoms with Crippen LogP contribution in [0.25, 0.3) is 0 Å². The number of rotatable bonds is 6. The van der Waals surface area contributed by atoms with E-state index in [-0.39, 0.29) is 17.1 Å². The molecule has 0 aliphatic carbocycles. The first-order valence-electron chi connectivity index (χ1n) is 7.43. The van der Waals surface area contributed by atoms with Crippen molar-refractivity contribution in [3.63, 3.8) is 0 Å². The van der Waals surface area contributed by atoms with Gasteiger partial charge in [-0.1, -0.05) is 6.92 Å². The van der Waals surface area contributed by atoms with Gasteiger partial charge >= 0.3 is 0 Å². The smallest absolute Gasteiger partial charge is 0.223 e. The molecule has 1 heterocycles. The van der Waals surface area contributed by atoms with E-state index in [0.717, 1.165) is 25.9 Å². The maximum atomic E-state index is 12.7. The SMILES string of the molecule is CC1(CNC(=O)CCOc2ccc(F)cc2)CCNCC1. The molecule has 0 atom stereocenters. The highest BCUT2D eigenvalue weighted by atomic mass is 19.1. The van der Waals surface area contributed by atoms with Crippen molar-refractivity contribution >= 4 is 5.91 Å². The van der Waals surface area contributed by atoms with Crippen LogP contribution in [0.5, 0.6) is 5.75 Å². The van der Waals surface area contributed by atoms with Crippen LogP contribution < -0.4 is 15.4 Å². The maximum absolute atomic E-state index is 12.7. The largest absolute Gasteiger partial charge is 0.493 e. The molecule has 0 radical (unpaired) electrons. The van der Waals surface area contributed by atoms with Crippen molar-refractivity contribution in [3.05, 3.63) is 30.1 Å². The zero-order valence-electron chi connectivity index (χ0n) is 12.5. The minimum atomic E-state index is -0.296. The average molecular weight is 294 g/mol. The Morgan fingerprint density at radius 3 is 2.67 bits per heavy atom. The van der Waals surface area contributed by atoms with E-state index in [4.69, 9.17) is 4.74 Å². The fraction of sp³-hybridized carbons (Fsp3) is 0.562. The number of carbonyl (C=O) groups excluding carboxylic acids is 1. The monoisotopic (exact) mass is 294 g/mol. The van der Waals surface area contributed by atoms with E-state index >= 15 is 0 Å². The molecule has 1 aromatic carbocycles. The summed E-state index contributed by atoms with van der Waals surface area (Å²) in [4.78, 5) is 11.8. The second kappa shape index (κ2) is 7.41. The van der Waals surface area contributed by atoms with Crippen molar-refractivity contribution in [2.75, 3.05) is 26.2 Å². The molecule has 1 aliphatic rings. The molecule has 0 spiro atoms. The van der Waals surface area contributed by atoms with E-state index in [0.29, 0.717) is 25.3 Å².